The number of benzene rings is 1. The van der Waals surface area contributed by atoms with Crippen molar-refractivity contribution in [2.75, 3.05) is 5.32 Å². The predicted octanol–water partition coefficient (Wildman–Crippen LogP) is 2.38. The van der Waals surface area contributed by atoms with Crippen LogP contribution in [0.2, 0.25) is 0 Å². The highest BCUT2D eigenvalue weighted by molar-refractivity contribution is 5.54. The summed E-state index contributed by atoms with van der Waals surface area (Å²) in [5.41, 5.74) is -2.14. The fraction of sp³-hybridized carbons (Fsp3) is 0.0909. The third kappa shape index (κ3) is 3.05. The topological polar surface area (TPSA) is 78.0 Å². The van der Waals surface area contributed by atoms with Gasteiger partial charge in [-0.3, -0.25) is 9.78 Å². The van der Waals surface area contributed by atoms with E-state index >= 15 is 0 Å². The lowest BCUT2D eigenvalue weighted by atomic mass is 10.2. The van der Waals surface area contributed by atoms with E-state index in [9.17, 15) is 22.4 Å². The summed E-state index contributed by atoms with van der Waals surface area (Å²) in [6.45, 7) is 0. The van der Waals surface area contributed by atoms with E-state index in [0.29, 0.717) is 12.1 Å². The number of nitrogens with zero attached hydrogens (tertiary/aromatic N) is 1. The van der Waals surface area contributed by atoms with Crippen molar-refractivity contribution in [2.24, 2.45) is 0 Å². The SMILES string of the molecule is O=c1cc(O)nc(Nc2ccc(C(F)(F)F)c(F)c2)[nH]1. The molecular formula is C11H7F4N3O2. The number of anilines is 2. The van der Waals surface area contributed by atoms with E-state index in [0.717, 1.165) is 12.1 Å². The van der Waals surface area contributed by atoms with E-state index in [4.69, 9.17) is 5.11 Å². The highest BCUT2D eigenvalue weighted by Gasteiger charge is 2.33. The second kappa shape index (κ2) is 4.83. The predicted molar refractivity (Wildman–Crippen MR) is 61.2 cm³/mol. The zero-order chi connectivity index (χ0) is 14.9. The Bertz CT molecular complexity index is 697. The van der Waals surface area contributed by atoms with Crippen LogP contribution in [0.3, 0.4) is 0 Å². The number of aromatic hydroxyl groups is 1. The lowest BCUT2D eigenvalue weighted by Crippen LogP contribution is -2.10. The van der Waals surface area contributed by atoms with Crippen LogP contribution in [0.5, 0.6) is 5.88 Å². The summed E-state index contributed by atoms with van der Waals surface area (Å²) >= 11 is 0. The largest absolute Gasteiger partial charge is 0.493 e. The number of aromatic nitrogens is 2. The molecule has 3 N–H and O–H groups in total. The second-order valence-corrected chi connectivity index (χ2v) is 3.77. The Morgan fingerprint density at radius 3 is 2.50 bits per heavy atom. The molecule has 0 bridgehead atoms. The molecule has 20 heavy (non-hydrogen) atoms. The number of hydrogen-bond acceptors (Lipinski definition) is 4. The Hall–Kier alpha value is -2.58. The van der Waals surface area contributed by atoms with Crippen LogP contribution in [0.15, 0.2) is 29.1 Å². The zero-order valence-corrected chi connectivity index (χ0v) is 9.62. The van der Waals surface area contributed by atoms with Gasteiger partial charge < -0.3 is 10.4 Å². The highest BCUT2D eigenvalue weighted by Crippen LogP contribution is 2.32. The van der Waals surface area contributed by atoms with Crippen LogP contribution < -0.4 is 10.9 Å². The van der Waals surface area contributed by atoms with E-state index in [-0.39, 0.29) is 11.6 Å². The Morgan fingerprint density at radius 1 is 1.25 bits per heavy atom. The van der Waals surface area contributed by atoms with Crippen LogP contribution in [0, 0.1) is 5.82 Å². The molecule has 9 heteroatoms. The molecule has 0 amide bonds. The molecular weight excluding hydrogens is 282 g/mol. The Morgan fingerprint density at radius 2 is 1.95 bits per heavy atom. The first kappa shape index (κ1) is 13.8. The third-order valence-corrected chi connectivity index (χ3v) is 2.27. The maximum Gasteiger partial charge on any atom is 0.419 e. The van der Waals surface area contributed by atoms with Crippen molar-refractivity contribution in [3.05, 3.63) is 46.0 Å². The first-order valence-corrected chi connectivity index (χ1v) is 5.20. The molecule has 106 valence electrons. The maximum absolute atomic E-state index is 13.3. The van der Waals surface area contributed by atoms with Crippen LogP contribution in [0.1, 0.15) is 5.56 Å². The summed E-state index contributed by atoms with van der Waals surface area (Å²) in [6, 6.07) is 2.93. The molecule has 0 unspecified atom stereocenters. The minimum Gasteiger partial charge on any atom is -0.493 e. The quantitative estimate of drug-likeness (QED) is 0.742. The molecule has 0 aliphatic carbocycles. The molecule has 1 aromatic heterocycles. The molecule has 5 nitrogen and oxygen atoms in total. The number of rotatable bonds is 2. The molecule has 0 aliphatic heterocycles. The third-order valence-electron chi connectivity index (χ3n) is 2.27. The van der Waals surface area contributed by atoms with Crippen LogP contribution in [-0.2, 0) is 6.18 Å². The zero-order valence-electron chi connectivity index (χ0n) is 9.62. The van der Waals surface area contributed by atoms with Crippen molar-refractivity contribution in [3.8, 4) is 5.88 Å². The molecule has 0 saturated carbocycles. The number of alkyl halides is 3. The highest BCUT2D eigenvalue weighted by atomic mass is 19.4. The lowest BCUT2D eigenvalue weighted by Gasteiger charge is -2.10. The van der Waals surface area contributed by atoms with Crippen molar-refractivity contribution < 1.29 is 22.7 Å². The van der Waals surface area contributed by atoms with Gasteiger partial charge in [0.2, 0.25) is 11.8 Å². The van der Waals surface area contributed by atoms with E-state index in [2.05, 4.69) is 15.3 Å². The van der Waals surface area contributed by atoms with Gasteiger partial charge in [0, 0.05) is 5.69 Å². The molecule has 1 aromatic carbocycles. The van der Waals surface area contributed by atoms with Crippen LogP contribution in [-0.4, -0.2) is 15.1 Å². The minimum absolute atomic E-state index is 0.0655. The summed E-state index contributed by atoms with van der Waals surface area (Å²) in [6.07, 6.45) is -4.79. The van der Waals surface area contributed by atoms with Gasteiger partial charge in [0.1, 0.15) is 5.82 Å². The van der Waals surface area contributed by atoms with Crippen LogP contribution in [0.25, 0.3) is 0 Å². The van der Waals surface area contributed by atoms with Crippen molar-refractivity contribution in [1.82, 2.24) is 9.97 Å². The smallest absolute Gasteiger partial charge is 0.419 e. The van der Waals surface area contributed by atoms with Crippen molar-refractivity contribution in [1.29, 1.82) is 0 Å². The van der Waals surface area contributed by atoms with Crippen molar-refractivity contribution >= 4 is 11.6 Å². The average Bonchev–Trinajstić information content (AvgIpc) is 2.25. The standard InChI is InChI=1S/C11H7F4N3O2/c12-7-3-5(1-2-6(7)11(13,14)15)16-10-17-8(19)4-9(20)18-10/h1-4H,(H3,16,17,18,19,20). The summed E-state index contributed by atoms with van der Waals surface area (Å²) in [5, 5.41) is 11.5. The Labute approximate surface area is 108 Å². The van der Waals surface area contributed by atoms with Crippen LogP contribution in [0.4, 0.5) is 29.2 Å². The lowest BCUT2D eigenvalue weighted by molar-refractivity contribution is -0.139. The molecule has 2 rings (SSSR count). The van der Waals surface area contributed by atoms with Gasteiger partial charge in [0.15, 0.2) is 0 Å². The normalized spacial score (nSPS) is 11.4. The van der Waals surface area contributed by atoms with Crippen LogP contribution >= 0.6 is 0 Å². The van der Waals surface area contributed by atoms with Gasteiger partial charge in [-0.15, -0.1) is 0 Å². The van der Waals surface area contributed by atoms with E-state index in [1.54, 1.807) is 0 Å². The fourth-order valence-electron chi connectivity index (χ4n) is 1.46. The molecule has 1 heterocycles. The number of nitrogens with one attached hydrogen (secondary N) is 2. The maximum atomic E-state index is 13.3. The monoisotopic (exact) mass is 289 g/mol. The van der Waals surface area contributed by atoms with Gasteiger partial charge in [-0.05, 0) is 18.2 Å². The van der Waals surface area contributed by atoms with Crippen molar-refractivity contribution in [2.45, 2.75) is 6.18 Å². The number of hydrogen-bond donors (Lipinski definition) is 3. The molecule has 0 saturated heterocycles. The van der Waals surface area contributed by atoms with E-state index in [1.807, 2.05) is 0 Å². The first-order valence-electron chi connectivity index (χ1n) is 5.20. The van der Waals surface area contributed by atoms with Gasteiger partial charge >= 0.3 is 6.18 Å². The number of aromatic amines is 1. The molecule has 0 spiro atoms. The molecule has 0 aliphatic rings. The summed E-state index contributed by atoms with van der Waals surface area (Å²) in [4.78, 5) is 16.7. The van der Waals surface area contributed by atoms with Gasteiger partial charge in [-0.2, -0.15) is 18.2 Å². The van der Waals surface area contributed by atoms with Gasteiger partial charge in [0.05, 0.1) is 11.6 Å². The van der Waals surface area contributed by atoms with Gasteiger partial charge in [-0.25, -0.2) is 4.39 Å². The molecule has 0 atom stereocenters. The van der Waals surface area contributed by atoms with Crippen molar-refractivity contribution in [3.63, 3.8) is 0 Å². The molecule has 0 fully saturated rings. The second-order valence-electron chi connectivity index (χ2n) is 3.77. The number of H-pyrrole nitrogens is 1. The average molecular weight is 289 g/mol. The van der Waals surface area contributed by atoms with E-state index < -0.39 is 29.0 Å². The Kier molecular flexibility index (Phi) is 3.35. The van der Waals surface area contributed by atoms with E-state index in [1.165, 1.54) is 0 Å². The van der Waals surface area contributed by atoms with Gasteiger partial charge in [0.25, 0.3) is 5.56 Å². The summed E-state index contributed by atoms with van der Waals surface area (Å²) in [5.74, 6) is -2.28. The molecule has 2 aromatic rings. The van der Waals surface area contributed by atoms with Gasteiger partial charge in [-0.1, -0.05) is 0 Å². The summed E-state index contributed by atoms with van der Waals surface area (Å²) in [7, 11) is 0. The fourth-order valence-corrected chi connectivity index (χ4v) is 1.46. The minimum atomic E-state index is -4.79. The summed E-state index contributed by atoms with van der Waals surface area (Å²) < 4.78 is 50.4. The first-order chi connectivity index (χ1) is 9.25. The number of halogens is 4. The Balaban J connectivity index is 2.31. The molecule has 0 radical (unpaired) electrons.